The fraction of sp³-hybridized carbons (Fsp3) is 0.688. The van der Waals surface area contributed by atoms with Gasteiger partial charge in [-0.1, -0.05) is 0 Å². The van der Waals surface area contributed by atoms with E-state index in [4.69, 9.17) is 4.74 Å². The van der Waals surface area contributed by atoms with E-state index in [0.717, 1.165) is 50.0 Å². The Morgan fingerprint density at radius 3 is 2.79 bits per heavy atom. The normalized spacial score (nSPS) is 24.8. The van der Waals surface area contributed by atoms with Gasteiger partial charge in [0.1, 0.15) is 0 Å². The molecule has 3 heterocycles. The summed E-state index contributed by atoms with van der Waals surface area (Å²) in [6, 6.07) is 0.428. The molecule has 24 heavy (non-hydrogen) atoms. The summed E-state index contributed by atoms with van der Waals surface area (Å²) >= 11 is 3.37. The van der Waals surface area contributed by atoms with Gasteiger partial charge in [0.2, 0.25) is 17.7 Å². The molecule has 1 amide bonds. The number of piperidine rings is 1. The van der Waals surface area contributed by atoms with Crippen LogP contribution in [0, 0.1) is 5.92 Å². The van der Waals surface area contributed by atoms with Gasteiger partial charge >= 0.3 is 0 Å². The number of nitrogens with zero attached hydrogens (tertiary/aromatic N) is 4. The Kier molecular flexibility index (Phi) is 5.55. The van der Waals surface area contributed by atoms with Gasteiger partial charge < -0.3 is 19.9 Å². The minimum Gasteiger partial charge on any atom is -0.480 e. The summed E-state index contributed by atoms with van der Waals surface area (Å²) in [5.74, 6) is 1.65. The number of carbonyl (C=O) groups excluding carboxylic acids is 1. The highest BCUT2D eigenvalue weighted by molar-refractivity contribution is 9.10. The van der Waals surface area contributed by atoms with Crippen molar-refractivity contribution in [3.63, 3.8) is 0 Å². The van der Waals surface area contributed by atoms with Crippen LogP contribution in [-0.4, -0.2) is 66.7 Å². The fourth-order valence-electron chi connectivity index (χ4n) is 3.38. The Balaban J connectivity index is 1.58. The van der Waals surface area contributed by atoms with Gasteiger partial charge in [-0.2, -0.15) is 4.98 Å². The van der Waals surface area contributed by atoms with Crippen molar-refractivity contribution in [3.8, 4) is 5.88 Å². The number of anilines is 1. The van der Waals surface area contributed by atoms with Crippen LogP contribution in [0.5, 0.6) is 5.88 Å². The second-order valence-electron chi connectivity index (χ2n) is 6.42. The molecular formula is C16H24BrN5O2. The number of carbonyl (C=O) groups is 1. The second kappa shape index (κ2) is 7.65. The number of methoxy groups -OCH3 is 1. The van der Waals surface area contributed by atoms with Crippen molar-refractivity contribution in [2.75, 3.05) is 44.7 Å². The maximum Gasteiger partial charge on any atom is 0.232 e. The molecule has 0 aromatic carbocycles. The summed E-state index contributed by atoms with van der Waals surface area (Å²) in [7, 11) is 1.59. The Bertz CT molecular complexity index is 592. The van der Waals surface area contributed by atoms with Crippen molar-refractivity contribution in [1.82, 2.24) is 20.2 Å². The molecule has 1 aromatic rings. The van der Waals surface area contributed by atoms with E-state index in [9.17, 15) is 4.79 Å². The van der Waals surface area contributed by atoms with Crippen LogP contribution in [0.15, 0.2) is 10.7 Å². The van der Waals surface area contributed by atoms with Crippen molar-refractivity contribution in [2.45, 2.75) is 25.8 Å². The highest BCUT2D eigenvalue weighted by Crippen LogP contribution is 2.24. The minimum atomic E-state index is 0.164. The van der Waals surface area contributed by atoms with E-state index in [0.29, 0.717) is 23.8 Å². The lowest BCUT2D eigenvalue weighted by Gasteiger charge is -2.38. The molecule has 2 saturated heterocycles. The van der Waals surface area contributed by atoms with Crippen LogP contribution in [0.3, 0.4) is 0 Å². The van der Waals surface area contributed by atoms with Crippen LogP contribution in [-0.2, 0) is 4.79 Å². The first-order valence-electron chi connectivity index (χ1n) is 8.42. The number of halogens is 1. The molecule has 0 saturated carbocycles. The molecule has 7 nitrogen and oxygen atoms in total. The van der Waals surface area contributed by atoms with Crippen LogP contribution in [0.2, 0.25) is 0 Å². The topological polar surface area (TPSA) is 70.6 Å². The zero-order valence-corrected chi connectivity index (χ0v) is 15.8. The third-order valence-corrected chi connectivity index (χ3v) is 5.28. The molecule has 8 heteroatoms. The molecule has 0 aliphatic carbocycles. The zero-order valence-electron chi connectivity index (χ0n) is 14.2. The van der Waals surface area contributed by atoms with E-state index in [2.05, 4.69) is 43.0 Å². The van der Waals surface area contributed by atoms with E-state index in [1.807, 2.05) is 4.90 Å². The number of ether oxygens (including phenoxy) is 1. The lowest BCUT2D eigenvalue weighted by atomic mass is 9.92. The fourth-order valence-corrected chi connectivity index (χ4v) is 3.73. The average Bonchev–Trinajstić information content (AvgIpc) is 2.62. The number of amides is 1. The van der Waals surface area contributed by atoms with E-state index >= 15 is 0 Å². The SMILES string of the molecule is COc1nc(N2CCN(C(=O)[C@H]3CCN[C@@H](C)C3)CC2)ncc1Br. The van der Waals surface area contributed by atoms with Crippen LogP contribution >= 0.6 is 15.9 Å². The summed E-state index contributed by atoms with van der Waals surface area (Å²) in [5.41, 5.74) is 0. The Morgan fingerprint density at radius 2 is 2.12 bits per heavy atom. The number of hydrogen-bond donors (Lipinski definition) is 1. The quantitative estimate of drug-likeness (QED) is 0.828. The van der Waals surface area contributed by atoms with Gasteiger partial charge in [0, 0.05) is 38.1 Å². The molecule has 0 unspecified atom stereocenters. The number of aromatic nitrogens is 2. The highest BCUT2D eigenvalue weighted by atomic mass is 79.9. The predicted molar refractivity (Wildman–Crippen MR) is 95.3 cm³/mol. The first-order chi connectivity index (χ1) is 11.6. The van der Waals surface area contributed by atoms with Gasteiger partial charge in [0.25, 0.3) is 0 Å². The summed E-state index contributed by atoms with van der Waals surface area (Å²) < 4.78 is 5.97. The molecule has 1 N–H and O–H groups in total. The summed E-state index contributed by atoms with van der Waals surface area (Å²) in [5, 5.41) is 3.40. The molecule has 2 aliphatic rings. The first kappa shape index (κ1) is 17.4. The van der Waals surface area contributed by atoms with Crippen molar-refractivity contribution in [1.29, 1.82) is 0 Å². The molecular weight excluding hydrogens is 374 g/mol. The lowest BCUT2D eigenvalue weighted by molar-refractivity contribution is -0.137. The van der Waals surface area contributed by atoms with Crippen LogP contribution in [0.1, 0.15) is 19.8 Å². The van der Waals surface area contributed by atoms with E-state index in [-0.39, 0.29) is 5.92 Å². The van der Waals surface area contributed by atoms with Gasteiger partial charge in [-0.15, -0.1) is 0 Å². The Labute approximate surface area is 150 Å². The van der Waals surface area contributed by atoms with Crippen molar-refractivity contribution < 1.29 is 9.53 Å². The molecule has 2 fully saturated rings. The monoisotopic (exact) mass is 397 g/mol. The van der Waals surface area contributed by atoms with Crippen LogP contribution in [0.25, 0.3) is 0 Å². The standard InChI is InChI=1S/C16H24BrN5O2/c1-11-9-12(3-4-18-11)15(23)21-5-7-22(8-6-21)16-19-10-13(17)14(20-16)24-2/h10-12,18H,3-9H2,1-2H3/t11-,12-/m0/s1. The van der Waals surface area contributed by atoms with Crippen molar-refractivity contribution >= 4 is 27.8 Å². The van der Waals surface area contributed by atoms with Gasteiger partial charge in [-0.05, 0) is 42.2 Å². The Hall–Kier alpha value is -1.41. The van der Waals surface area contributed by atoms with Gasteiger partial charge in [-0.25, -0.2) is 4.98 Å². The van der Waals surface area contributed by atoms with E-state index < -0.39 is 0 Å². The number of piperazine rings is 1. The van der Waals surface area contributed by atoms with Crippen molar-refractivity contribution in [3.05, 3.63) is 10.7 Å². The average molecular weight is 398 g/mol. The maximum absolute atomic E-state index is 12.7. The molecule has 0 spiro atoms. The molecule has 132 valence electrons. The molecule has 1 aromatic heterocycles. The first-order valence-corrected chi connectivity index (χ1v) is 9.21. The third kappa shape index (κ3) is 3.80. The molecule has 2 aliphatic heterocycles. The smallest absolute Gasteiger partial charge is 0.232 e. The second-order valence-corrected chi connectivity index (χ2v) is 7.27. The van der Waals surface area contributed by atoms with Crippen LogP contribution < -0.4 is 15.0 Å². The van der Waals surface area contributed by atoms with E-state index in [1.165, 1.54) is 0 Å². The number of nitrogens with one attached hydrogen (secondary N) is 1. The number of rotatable bonds is 3. The largest absolute Gasteiger partial charge is 0.480 e. The highest BCUT2D eigenvalue weighted by Gasteiger charge is 2.30. The molecule has 0 bridgehead atoms. The number of hydrogen-bond acceptors (Lipinski definition) is 6. The third-order valence-electron chi connectivity index (χ3n) is 4.74. The zero-order chi connectivity index (χ0) is 17.1. The van der Waals surface area contributed by atoms with E-state index in [1.54, 1.807) is 13.3 Å². The Morgan fingerprint density at radius 1 is 1.38 bits per heavy atom. The van der Waals surface area contributed by atoms with Gasteiger partial charge in [0.05, 0.1) is 17.8 Å². The van der Waals surface area contributed by atoms with Gasteiger partial charge in [-0.3, -0.25) is 4.79 Å². The predicted octanol–water partition coefficient (Wildman–Crippen LogP) is 1.28. The summed E-state index contributed by atoms with van der Waals surface area (Å²) in [4.78, 5) is 25.6. The molecule has 3 rings (SSSR count). The van der Waals surface area contributed by atoms with Crippen LogP contribution in [0.4, 0.5) is 5.95 Å². The lowest BCUT2D eigenvalue weighted by Crippen LogP contribution is -2.52. The summed E-state index contributed by atoms with van der Waals surface area (Å²) in [6.45, 7) is 6.02. The maximum atomic E-state index is 12.7. The summed E-state index contributed by atoms with van der Waals surface area (Å²) in [6.07, 6.45) is 3.58. The van der Waals surface area contributed by atoms with Gasteiger partial charge in [0.15, 0.2) is 0 Å². The minimum absolute atomic E-state index is 0.164. The van der Waals surface area contributed by atoms with Crippen molar-refractivity contribution in [2.24, 2.45) is 5.92 Å². The molecule has 2 atom stereocenters. The molecule has 0 radical (unpaired) electrons.